The third-order valence-electron chi connectivity index (χ3n) is 0.940. The number of benzene rings is 1. The van der Waals surface area contributed by atoms with Gasteiger partial charge in [-0.1, -0.05) is 35.8 Å². The largest absolute Gasteiger partial charge is 0.448 e. The Hall–Kier alpha value is -0.525. The second-order valence-electron chi connectivity index (χ2n) is 2.08. The van der Waals surface area contributed by atoms with Crippen LogP contribution in [0.2, 0.25) is 0 Å². The van der Waals surface area contributed by atoms with Crippen molar-refractivity contribution in [2.45, 2.75) is 5.09 Å². The highest BCUT2D eigenvalue weighted by Crippen LogP contribution is 2.21. The standard InChI is InChI=1S/C6H7B.CBrF3.2H2O/c7-6-4-2-1-3-5-6;2-1(3,4)5;;/h1-5H,7H2;;2*1H2. The van der Waals surface area contributed by atoms with Crippen LogP contribution in [0.4, 0.5) is 13.2 Å². The van der Waals surface area contributed by atoms with Crippen LogP contribution in [0, 0.1) is 0 Å². The molecular weight excluding hydrogens is 264 g/mol. The Morgan fingerprint density at radius 2 is 1.29 bits per heavy atom. The first-order valence-electron chi connectivity index (χ1n) is 3.17. The molecule has 7 heteroatoms. The fourth-order valence-corrected chi connectivity index (χ4v) is 0.534. The Bertz CT molecular complexity index is 212. The van der Waals surface area contributed by atoms with Gasteiger partial charge in [-0.05, 0) is 0 Å². The predicted molar refractivity (Wildman–Crippen MR) is 56.8 cm³/mol. The molecule has 0 aliphatic rings. The maximum atomic E-state index is 10.3. The van der Waals surface area contributed by atoms with Crippen LogP contribution in [0.15, 0.2) is 30.3 Å². The zero-order chi connectivity index (χ0) is 9.61. The highest BCUT2D eigenvalue weighted by Gasteiger charge is 2.19. The molecule has 0 saturated heterocycles. The van der Waals surface area contributed by atoms with Crippen molar-refractivity contribution in [3.05, 3.63) is 30.3 Å². The highest BCUT2D eigenvalue weighted by atomic mass is 79.9. The molecule has 0 aromatic heterocycles. The zero-order valence-electron chi connectivity index (χ0n) is 7.40. The predicted octanol–water partition coefficient (Wildman–Crippen LogP) is 0.197. The Kier molecular flexibility index (Phi) is 12.3. The third-order valence-corrected chi connectivity index (χ3v) is 0.940. The first-order chi connectivity index (χ1) is 5.39. The van der Waals surface area contributed by atoms with Crippen LogP contribution in [-0.4, -0.2) is 23.9 Å². The summed E-state index contributed by atoms with van der Waals surface area (Å²) in [6.07, 6.45) is 0. The molecule has 0 radical (unpaired) electrons. The van der Waals surface area contributed by atoms with E-state index in [-0.39, 0.29) is 11.0 Å². The van der Waals surface area contributed by atoms with Gasteiger partial charge in [0.1, 0.15) is 7.85 Å². The molecule has 0 bridgehead atoms. The van der Waals surface area contributed by atoms with Gasteiger partial charge < -0.3 is 11.0 Å². The lowest BCUT2D eigenvalue weighted by molar-refractivity contribution is -0.0245. The summed E-state index contributed by atoms with van der Waals surface area (Å²) in [5.41, 5.74) is 1.32. The van der Waals surface area contributed by atoms with Gasteiger partial charge in [-0.15, -0.1) is 0 Å². The molecule has 4 N–H and O–H groups in total. The normalized spacial score (nSPS) is 8.57. The highest BCUT2D eigenvalue weighted by molar-refractivity contribution is 9.09. The van der Waals surface area contributed by atoms with Crippen LogP contribution in [0.25, 0.3) is 0 Å². The van der Waals surface area contributed by atoms with Crippen LogP contribution in [-0.2, 0) is 0 Å². The molecule has 0 spiro atoms. The van der Waals surface area contributed by atoms with E-state index >= 15 is 0 Å². The van der Waals surface area contributed by atoms with Crippen molar-refractivity contribution in [3.8, 4) is 0 Å². The molecule has 0 heterocycles. The van der Waals surface area contributed by atoms with Crippen molar-refractivity contribution in [2.75, 3.05) is 0 Å². The van der Waals surface area contributed by atoms with Gasteiger partial charge in [-0.2, -0.15) is 13.2 Å². The summed E-state index contributed by atoms with van der Waals surface area (Å²) in [7, 11) is 2.08. The lowest BCUT2D eigenvalue weighted by atomic mass is 9.97. The lowest BCUT2D eigenvalue weighted by Crippen LogP contribution is -1.97. The quantitative estimate of drug-likeness (QED) is 0.479. The fourth-order valence-electron chi connectivity index (χ4n) is 0.534. The van der Waals surface area contributed by atoms with Gasteiger partial charge in [0.25, 0.3) is 0 Å². The summed E-state index contributed by atoms with van der Waals surface area (Å²) >= 11 is 1.38. The molecule has 0 saturated carbocycles. The Balaban J connectivity index is -0.000000159. The summed E-state index contributed by atoms with van der Waals surface area (Å²) in [6, 6.07) is 10.3. The van der Waals surface area contributed by atoms with Crippen LogP contribution in [0.5, 0.6) is 0 Å². The SMILES string of the molecule is Bc1ccccc1.FC(F)(F)Br.O.O. The number of rotatable bonds is 0. The van der Waals surface area contributed by atoms with E-state index in [1.807, 2.05) is 18.2 Å². The maximum Gasteiger partial charge on any atom is 0.448 e. The minimum Gasteiger partial charge on any atom is -0.412 e. The van der Waals surface area contributed by atoms with E-state index in [0.29, 0.717) is 0 Å². The van der Waals surface area contributed by atoms with Crippen LogP contribution < -0.4 is 5.46 Å². The van der Waals surface area contributed by atoms with E-state index in [1.54, 1.807) is 0 Å². The topological polar surface area (TPSA) is 63.0 Å². The number of hydrogen-bond donors (Lipinski definition) is 0. The van der Waals surface area contributed by atoms with Crippen molar-refractivity contribution < 1.29 is 24.1 Å². The van der Waals surface area contributed by atoms with Crippen LogP contribution in [0.1, 0.15) is 0 Å². The van der Waals surface area contributed by atoms with E-state index in [0.717, 1.165) is 0 Å². The Labute approximate surface area is 89.3 Å². The second-order valence-corrected chi connectivity index (χ2v) is 2.98. The third kappa shape index (κ3) is 22.5. The minimum atomic E-state index is -4.19. The Morgan fingerprint density at radius 1 is 1.00 bits per heavy atom. The molecule has 2 nitrogen and oxygen atoms in total. The molecule has 82 valence electrons. The van der Waals surface area contributed by atoms with Gasteiger partial charge in [0.15, 0.2) is 0 Å². The fraction of sp³-hybridized carbons (Fsp3) is 0.143. The average molecular weight is 275 g/mol. The van der Waals surface area contributed by atoms with Crippen molar-refractivity contribution in [1.82, 2.24) is 0 Å². The van der Waals surface area contributed by atoms with Gasteiger partial charge in [0.05, 0.1) is 0 Å². The smallest absolute Gasteiger partial charge is 0.412 e. The van der Waals surface area contributed by atoms with Gasteiger partial charge in [-0.3, -0.25) is 0 Å². The van der Waals surface area contributed by atoms with Gasteiger partial charge in [0, 0.05) is 15.9 Å². The molecule has 0 aliphatic heterocycles. The van der Waals surface area contributed by atoms with E-state index in [2.05, 4.69) is 20.0 Å². The molecule has 0 atom stereocenters. The molecular formula is C7H11BBrF3O2. The number of alkyl halides is 4. The summed E-state index contributed by atoms with van der Waals surface area (Å²) in [4.78, 5) is 0. The summed E-state index contributed by atoms with van der Waals surface area (Å²) in [5, 5.41) is -4.19. The van der Waals surface area contributed by atoms with Crippen LogP contribution in [0.3, 0.4) is 0 Å². The average Bonchev–Trinajstić information content (AvgIpc) is 1.85. The van der Waals surface area contributed by atoms with Gasteiger partial charge in [0.2, 0.25) is 0 Å². The number of halogens is 4. The first-order valence-corrected chi connectivity index (χ1v) is 3.96. The van der Waals surface area contributed by atoms with Crippen LogP contribution >= 0.6 is 15.9 Å². The van der Waals surface area contributed by atoms with Crippen molar-refractivity contribution in [3.63, 3.8) is 0 Å². The van der Waals surface area contributed by atoms with Crippen molar-refractivity contribution in [2.24, 2.45) is 0 Å². The zero-order valence-corrected chi connectivity index (χ0v) is 8.98. The van der Waals surface area contributed by atoms with Gasteiger partial charge >= 0.3 is 5.09 Å². The van der Waals surface area contributed by atoms with Crippen molar-refractivity contribution in [1.29, 1.82) is 0 Å². The molecule has 0 unspecified atom stereocenters. The van der Waals surface area contributed by atoms with E-state index < -0.39 is 5.09 Å². The van der Waals surface area contributed by atoms with E-state index in [9.17, 15) is 13.2 Å². The van der Waals surface area contributed by atoms with Gasteiger partial charge in [-0.25, -0.2) is 0 Å². The molecule has 14 heavy (non-hydrogen) atoms. The van der Waals surface area contributed by atoms with Crippen molar-refractivity contribution >= 4 is 29.2 Å². The maximum absolute atomic E-state index is 10.3. The molecule has 0 amide bonds. The molecule has 1 rings (SSSR count). The Morgan fingerprint density at radius 3 is 1.43 bits per heavy atom. The molecule has 1 aromatic carbocycles. The lowest BCUT2D eigenvalue weighted by Gasteiger charge is -1.85. The minimum absolute atomic E-state index is 0. The molecule has 1 aromatic rings. The number of hydrogen-bond acceptors (Lipinski definition) is 0. The monoisotopic (exact) mass is 274 g/mol. The summed E-state index contributed by atoms with van der Waals surface area (Å²) in [6.45, 7) is 0. The van der Waals surface area contributed by atoms with E-state index in [4.69, 9.17) is 0 Å². The summed E-state index contributed by atoms with van der Waals surface area (Å²) in [5.74, 6) is 0. The molecule has 0 fully saturated rings. The second kappa shape index (κ2) is 9.05. The van der Waals surface area contributed by atoms with E-state index in [1.165, 1.54) is 21.4 Å². The first kappa shape index (κ1) is 19.1. The molecule has 0 aliphatic carbocycles. The summed E-state index contributed by atoms with van der Waals surface area (Å²) < 4.78 is 30.8.